The third kappa shape index (κ3) is 9.17. The molecular weight excluding hydrogens is 672 g/mol. The van der Waals surface area contributed by atoms with Crippen molar-refractivity contribution in [2.75, 3.05) is 26.8 Å². The van der Waals surface area contributed by atoms with E-state index in [0.29, 0.717) is 23.1 Å². The molecule has 2 atom stereocenters. The molecule has 0 aliphatic carbocycles. The first kappa shape index (κ1) is 38.6. The minimum atomic E-state index is -4.44. The van der Waals surface area contributed by atoms with Gasteiger partial charge < -0.3 is 36.4 Å². The van der Waals surface area contributed by atoms with Crippen LogP contribution in [0.2, 0.25) is 0 Å². The number of amides is 2. The van der Waals surface area contributed by atoms with Crippen LogP contribution < -0.4 is 26.2 Å². The van der Waals surface area contributed by atoms with Crippen LogP contribution in [0, 0.1) is 6.92 Å². The predicted molar refractivity (Wildman–Crippen MR) is 178 cm³/mol. The van der Waals surface area contributed by atoms with Gasteiger partial charge in [-0.25, -0.2) is 0 Å². The highest BCUT2D eigenvalue weighted by molar-refractivity contribution is 8.15. The SMILES string of the molecule is Cc1c[n+](CCCN)n(C)c1-c1ccc(OCCO/N=C(\C(=O)NC2C(=O)N(OS(O)(O)O)C2(C)C)C2=CSC(N)N2C)cc1.O=CO. The summed E-state index contributed by atoms with van der Waals surface area (Å²) in [7, 11) is 3.70. The fourth-order valence-electron chi connectivity index (χ4n) is 4.95. The Morgan fingerprint density at radius 1 is 1.21 bits per heavy atom. The van der Waals surface area contributed by atoms with Gasteiger partial charge in [-0.3, -0.25) is 28.0 Å². The van der Waals surface area contributed by atoms with Crippen LogP contribution in [-0.2, 0) is 37.1 Å². The minimum Gasteiger partial charge on any atom is -0.490 e. The first-order valence-electron chi connectivity index (χ1n) is 14.5. The van der Waals surface area contributed by atoms with Crippen LogP contribution in [0.1, 0.15) is 25.8 Å². The number of nitrogens with one attached hydrogen (secondary N) is 1. The number of aromatic nitrogens is 2. The molecule has 0 radical (unpaired) electrons. The highest BCUT2D eigenvalue weighted by Crippen LogP contribution is 2.43. The molecule has 9 N–H and O–H groups in total. The smallest absolute Gasteiger partial charge is 0.290 e. The van der Waals surface area contributed by atoms with Gasteiger partial charge in [0, 0.05) is 30.0 Å². The second-order valence-corrected chi connectivity index (χ2v) is 13.2. The van der Waals surface area contributed by atoms with Crippen LogP contribution in [0.3, 0.4) is 0 Å². The van der Waals surface area contributed by atoms with Crippen molar-refractivity contribution in [3.63, 3.8) is 0 Å². The molecule has 1 saturated heterocycles. The van der Waals surface area contributed by atoms with Gasteiger partial charge in [-0.15, -0.1) is 8.97 Å². The molecule has 48 heavy (non-hydrogen) atoms. The quantitative estimate of drug-likeness (QED) is 0.0360. The van der Waals surface area contributed by atoms with Crippen molar-refractivity contribution in [2.45, 2.75) is 50.8 Å². The number of hydrogen-bond acceptors (Lipinski definition) is 14. The summed E-state index contributed by atoms with van der Waals surface area (Å²) in [6.45, 7) is 6.45. The van der Waals surface area contributed by atoms with Crippen molar-refractivity contribution in [3.8, 4) is 17.0 Å². The largest absolute Gasteiger partial charge is 0.490 e. The van der Waals surface area contributed by atoms with E-state index < -0.39 is 40.0 Å². The fourth-order valence-corrected chi connectivity index (χ4v) is 6.26. The Hall–Kier alpha value is -3.89. The summed E-state index contributed by atoms with van der Waals surface area (Å²) < 4.78 is 42.2. The number of carbonyl (C=O) groups is 3. The van der Waals surface area contributed by atoms with E-state index in [1.165, 1.54) is 25.6 Å². The Labute approximate surface area is 283 Å². The van der Waals surface area contributed by atoms with Crippen molar-refractivity contribution < 1.29 is 51.7 Å². The average molecular weight is 716 g/mol. The standard InChI is InChI=1S/C27H40N8O8S2.CH2O2/c1-17-15-34(12-6-11-28)33(5)22(17)18-7-9-19(10-8-18)41-13-14-42-31-21(20-16-44-26(29)32(20)4)24(36)30-23-25(37)35(27(23,2)3)43-45(38,39)40;2-1-3/h7-10,15-16,23,26H,6,11-14,28-29H2,1-5H3,(H3-,30,36,38,39,40);1H,(H,2,3)/p+1/b31-21-;. The highest BCUT2D eigenvalue weighted by Gasteiger charge is 2.58. The second-order valence-electron chi connectivity index (χ2n) is 11.1. The van der Waals surface area contributed by atoms with Crippen molar-refractivity contribution in [1.82, 2.24) is 20.0 Å². The monoisotopic (exact) mass is 715 g/mol. The number of hydroxylamine groups is 2. The maximum absolute atomic E-state index is 13.3. The van der Waals surface area contributed by atoms with Crippen LogP contribution in [-0.4, -0.2) is 101 Å². The molecule has 266 valence electrons. The van der Waals surface area contributed by atoms with Gasteiger partial charge in [0.05, 0.1) is 18.3 Å². The van der Waals surface area contributed by atoms with Crippen LogP contribution in [0.15, 0.2) is 46.7 Å². The first-order chi connectivity index (χ1) is 22.6. The summed E-state index contributed by atoms with van der Waals surface area (Å²) in [5.74, 6) is -0.902. The molecule has 18 nitrogen and oxygen atoms in total. The molecular formula is C28H43N8O10S2+. The molecule has 2 aromatic rings. The number of rotatable bonds is 14. The summed E-state index contributed by atoms with van der Waals surface area (Å²) in [4.78, 5) is 41.3. The van der Waals surface area contributed by atoms with Crippen molar-refractivity contribution in [1.29, 1.82) is 0 Å². The molecule has 2 amide bonds. The van der Waals surface area contributed by atoms with E-state index in [1.54, 1.807) is 17.4 Å². The molecule has 4 rings (SSSR count). The summed E-state index contributed by atoms with van der Waals surface area (Å²) in [5, 5.41) is 15.8. The Kier molecular flexibility index (Phi) is 13.2. The van der Waals surface area contributed by atoms with E-state index in [1.807, 2.05) is 31.3 Å². The third-order valence-corrected chi connectivity index (χ3v) is 8.71. The van der Waals surface area contributed by atoms with Gasteiger partial charge in [0.2, 0.25) is 11.2 Å². The Balaban J connectivity index is 0.00000201. The predicted octanol–water partition coefficient (Wildman–Crippen LogP) is 1.03. The number of β-lactam (4-membered cyclic amide) rings is 1. The number of ether oxygens (including phenoxy) is 1. The number of carboxylic acid groups (broad SMARTS) is 1. The number of nitrogens with two attached hydrogens (primary N) is 2. The second kappa shape index (κ2) is 16.5. The molecule has 0 saturated carbocycles. The number of nitrogens with zero attached hydrogens (tertiary/aromatic N) is 5. The topological polar surface area (TPSA) is 252 Å². The summed E-state index contributed by atoms with van der Waals surface area (Å²) in [5.41, 5.74) is 13.6. The third-order valence-electron chi connectivity index (χ3n) is 7.41. The number of benzene rings is 1. The maximum atomic E-state index is 13.3. The van der Waals surface area contributed by atoms with Gasteiger partial charge in [-0.2, -0.15) is 9.75 Å². The summed E-state index contributed by atoms with van der Waals surface area (Å²) >= 11 is -3.17. The minimum absolute atomic E-state index is 0.0105. The molecule has 3 heterocycles. The zero-order valence-electron chi connectivity index (χ0n) is 27.2. The van der Waals surface area contributed by atoms with Gasteiger partial charge in [-0.05, 0) is 51.6 Å². The molecule has 2 aliphatic rings. The summed E-state index contributed by atoms with van der Waals surface area (Å²) in [6, 6.07) is 6.58. The van der Waals surface area contributed by atoms with E-state index in [-0.39, 0.29) is 25.4 Å². The molecule has 1 fully saturated rings. The Morgan fingerprint density at radius 3 is 2.40 bits per heavy atom. The normalized spacial score (nSPS) is 19.2. The lowest BCUT2D eigenvalue weighted by Gasteiger charge is -2.52. The lowest BCUT2D eigenvalue weighted by atomic mass is 9.84. The number of carbonyl (C=O) groups excluding carboxylic acids is 2. The highest BCUT2D eigenvalue weighted by atomic mass is 32.3. The van der Waals surface area contributed by atoms with Crippen LogP contribution >= 0.6 is 22.9 Å². The molecule has 0 spiro atoms. The van der Waals surface area contributed by atoms with E-state index in [2.05, 4.69) is 37.2 Å². The van der Waals surface area contributed by atoms with Gasteiger partial charge in [0.25, 0.3) is 18.3 Å². The zero-order valence-corrected chi connectivity index (χ0v) is 28.8. The van der Waals surface area contributed by atoms with Crippen molar-refractivity contribution in [3.05, 3.63) is 47.1 Å². The zero-order chi connectivity index (χ0) is 35.8. The molecule has 2 unspecified atom stereocenters. The van der Waals surface area contributed by atoms with Gasteiger partial charge in [0.15, 0.2) is 25.1 Å². The number of oxime groups is 1. The molecule has 2 aliphatic heterocycles. The molecule has 1 aromatic carbocycles. The van der Waals surface area contributed by atoms with E-state index in [0.717, 1.165) is 29.8 Å². The lowest BCUT2D eigenvalue weighted by Crippen LogP contribution is -2.76. The van der Waals surface area contributed by atoms with Crippen LogP contribution in [0.5, 0.6) is 5.75 Å². The van der Waals surface area contributed by atoms with E-state index in [4.69, 9.17) is 30.9 Å². The number of aryl methyl sites for hydroxylation is 2. The Morgan fingerprint density at radius 2 is 1.85 bits per heavy atom. The lowest BCUT2D eigenvalue weighted by molar-refractivity contribution is -0.772. The van der Waals surface area contributed by atoms with Crippen molar-refractivity contribution in [2.24, 2.45) is 23.7 Å². The van der Waals surface area contributed by atoms with Crippen LogP contribution in [0.25, 0.3) is 11.3 Å². The van der Waals surface area contributed by atoms with Gasteiger partial charge in [-0.1, -0.05) is 16.9 Å². The van der Waals surface area contributed by atoms with E-state index >= 15 is 0 Å². The Bertz CT molecular complexity index is 1510. The first-order valence-corrected chi connectivity index (χ1v) is 16.9. The van der Waals surface area contributed by atoms with Crippen LogP contribution in [0.4, 0.5) is 0 Å². The maximum Gasteiger partial charge on any atom is 0.290 e. The van der Waals surface area contributed by atoms with Gasteiger partial charge >= 0.3 is 0 Å². The average Bonchev–Trinajstić information content (AvgIpc) is 3.50. The molecule has 20 heteroatoms. The molecule has 1 aromatic heterocycles. The number of thioether (sulfide) groups is 1. The van der Waals surface area contributed by atoms with Gasteiger partial charge in [0.1, 0.15) is 29.6 Å². The number of hydrogen-bond donors (Lipinski definition) is 7. The van der Waals surface area contributed by atoms with E-state index in [9.17, 15) is 23.2 Å². The summed E-state index contributed by atoms with van der Waals surface area (Å²) in [6.07, 6.45) is 3.00. The van der Waals surface area contributed by atoms with Crippen molar-refractivity contribution >= 4 is 46.9 Å². The molecule has 0 bridgehead atoms. The fraction of sp³-hybridized carbons (Fsp3) is 0.464.